The van der Waals surface area contributed by atoms with Crippen LogP contribution in [0.15, 0.2) is 36.5 Å². The number of benzene rings is 1. The van der Waals surface area contributed by atoms with Crippen molar-refractivity contribution in [2.24, 2.45) is 5.73 Å². The molecule has 100 valence electrons. The van der Waals surface area contributed by atoms with Crippen LogP contribution in [0.4, 0.5) is 0 Å². The number of carbonyl (C=O) groups is 1. The van der Waals surface area contributed by atoms with Crippen LogP contribution in [0.25, 0.3) is 0 Å². The van der Waals surface area contributed by atoms with E-state index in [-0.39, 0.29) is 12.5 Å². The van der Waals surface area contributed by atoms with Gasteiger partial charge in [0.15, 0.2) is 0 Å². The van der Waals surface area contributed by atoms with Crippen molar-refractivity contribution < 1.29 is 4.79 Å². The van der Waals surface area contributed by atoms with Gasteiger partial charge in [-0.15, -0.1) is 5.10 Å². The fraction of sp³-hybridized carbons (Fsp3) is 0.308. The zero-order valence-corrected chi connectivity index (χ0v) is 10.6. The first-order valence-corrected chi connectivity index (χ1v) is 6.17. The largest absolute Gasteiger partial charge is 0.350 e. The molecule has 0 radical (unpaired) electrons. The number of aromatic nitrogens is 3. The molecule has 6 heteroatoms. The van der Waals surface area contributed by atoms with Crippen molar-refractivity contribution in [2.45, 2.75) is 19.5 Å². The maximum Gasteiger partial charge on any atom is 0.242 e. The van der Waals surface area contributed by atoms with Crippen LogP contribution >= 0.6 is 0 Å². The Morgan fingerprint density at radius 3 is 2.84 bits per heavy atom. The van der Waals surface area contributed by atoms with Crippen molar-refractivity contribution in [3.63, 3.8) is 0 Å². The fourth-order valence-corrected chi connectivity index (χ4v) is 1.68. The Hall–Kier alpha value is -2.21. The molecule has 3 N–H and O–H groups in total. The van der Waals surface area contributed by atoms with Crippen LogP contribution in [-0.4, -0.2) is 27.4 Å². The highest BCUT2D eigenvalue weighted by Gasteiger charge is 2.05. The number of nitrogens with one attached hydrogen (secondary N) is 1. The smallest absolute Gasteiger partial charge is 0.242 e. The van der Waals surface area contributed by atoms with Crippen molar-refractivity contribution in [3.05, 3.63) is 47.8 Å². The number of hydrogen-bond donors (Lipinski definition) is 2. The zero-order valence-electron chi connectivity index (χ0n) is 10.6. The average Bonchev–Trinajstić information content (AvgIpc) is 2.85. The maximum atomic E-state index is 11.7. The Kier molecular flexibility index (Phi) is 4.63. The molecule has 0 spiro atoms. The highest BCUT2D eigenvalue weighted by molar-refractivity contribution is 5.75. The molecule has 0 saturated carbocycles. The van der Waals surface area contributed by atoms with Crippen LogP contribution < -0.4 is 11.1 Å². The second-order valence-electron chi connectivity index (χ2n) is 4.21. The molecule has 0 aliphatic heterocycles. The van der Waals surface area contributed by atoms with Crippen LogP contribution in [0.2, 0.25) is 0 Å². The van der Waals surface area contributed by atoms with Crippen LogP contribution in [0.3, 0.4) is 0 Å². The minimum absolute atomic E-state index is 0.0898. The molecular weight excluding hydrogens is 242 g/mol. The van der Waals surface area contributed by atoms with Gasteiger partial charge in [0.05, 0.1) is 5.69 Å². The van der Waals surface area contributed by atoms with E-state index in [1.807, 2.05) is 30.3 Å². The number of rotatable bonds is 6. The summed E-state index contributed by atoms with van der Waals surface area (Å²) in [6.07, 6.45) is 2.42. The second kappa shape index (κ2) is 6.65. The molecular formula is C13H17N5O. The minimum Gasteiger partial charge on any atom is -0.350 e. The van der Waals surface area contributed by atoms with Gasteiger partial charge in [-0.25, -0.2) is 4.68 Å². The van der Waals surface area contributed by atoms with Gasteiger partial charge in [-0.2, -0.15) is 0 Å². The molecule has 0 aliphatic carbocycles. The summed E-state index contributed by atoms with van der Waals surface area (Å²) in [6, 6.07) is 9.76. The van der Waals surface area contributed by atoms with Gasteiger partial charge < -0.3 is 11.1 Å². The lowest BCUT2D eigenvalue weighted by Gasteiger charge is -2.04. The lowest BCUT2D eigenvalue weighted by Crippen LogP contribution is -2.27. The second-order valence-corrected chi connectivity index (χ2v) is 4.21. The van der Waals surface area contributed by atoms with Crippen molar-refractivity contribution in [1.82, 2.24) is 20.3 Å². The number of hydrogen-bond acceptors (Lipinski definition) is 4. The summed E-state index contributed by atoms with van der Waals surface area (Å²) < 4.78 is 1.52. The molecule has 0 unspecified atom stereocenters. The van der Waals surface area contributed by atoms with Gasteiger partial charge in [0.25, 0.3) is 0 Å². The standard InChI is InChI=1S/C13H17N5O/c14-7-6-12-9-18(17-16-12)10-13(19)15-8-11-4-2-1-3-5-11/h1-5,9H,6-8,10,14H2,(H,15,19). The molecule has 0 aliphatic rings. The van der Waals surface area contributed by atoms with Gasteiger partial charge in [0, 0.05) is 19.2 Å². The number of nitrogens with zero attached hydrogens (tertiary/aromatic N) is 3. The molecule has 2 aromatic rings. The van der Waals surface area contributed by atoms with Crippen LogP contribution in [-0.2, 0) is 24.3 Å². The first kappa shape index (κ1) is 13.2. The van der Waals surface area contributed by atoms with Crippen molar-refractivity contribution in [3.8, 4) is 0 Å². The van der Waals surface area contributed by atoms with E-state index >= 15 is 0 Å². The van der Waals surface area contributed by atoms with Gasteiger partial charge in [0.2, 0.25) is 5.91 Å². The van der Waals surface area contributed by atoms with Crippen LogP contribution in [0, 0.1) is 0 Å². The van der Waals surface area contributed by atoms with Gasteiger partial charge in [-0.05, 0) is 12.1 Å². The number of carbonyl (C=O) groups excluding carboxylic acids is 1. The molecule has 1 aromatic carbocycles. The summed E-state index contributed by atoms with van der Waals surface area (Å²) in [7, 11) is 0. The predicted octanol–water partition coefficient (Wildman–Crippen LogP) is 0.0957. The first-order valence-electron chi connectivity index (χ1n) is 6.17. The van der Waals surface area contributed by atoms with Gasteiger partial charge in [-0.3, -0.25) is 4.79 Å². The summed E-state index contributed by atoms with van der Waals surface area (Å²) in [4.78, 5) is 11.7. The Bertz CT molecular complexity index is 523. The normalized spacial score (nSPS) is 10.4. The monoisotopic (exact) mass is 259 g/mol. The lowest BCUT2D eigenvalue weighted by molar-refractivity contribution is -0.122. The van der Waals surface area contributed by atoms with E-state index in [9.17, 15) is 4.79 Å². The zero-order chi connectivity index (χ0) is 13.5. The lowest BCUT2D eigenvalue weighted by atomic mass is 10.2. The maximum absolute atomic E-state index is 11.7. The molecule has 2 rings (SSSR count). The van der Waals surface area contributed by atoms with Crippen LogP contribution in [0.1, 0.15) is 11.3 Å². The molecule has 1 heterocycles. The third kappa shape index (κ3) is 4.18. The highest BCUT2D eigenvalue weighted by Crippen LogP contribution is 1.97. The Labute approximate surface area is 111 Å². The third-order valence-electron chi connectivity index (χ3n) is 2.62. The van der Waals surface area contributed by atoms with E-state index in [1.54, 1.807) is 6.20 Å². The highest BCUT2D eigenvalue weighted by atomic mass is 16.2. The molecule has 0 atom stereocenters. The summed E-state index contributed by atoms with van der Waals surface area (Å²) >= 11 is 0. The van der Waals surface area contributed by atoms with E-state index in [2.05, 4.69) is 15.6 Å². The topological polar surface area (TPSA) is 85.8 Å². The summed E-state index contributed by atoms with van der Waals surface area (Å²) in [6.45, 7) is 1.22. The Morgan fingerprint density at radius 2 is 2.11 bits per heavy atom. The number of nitrogens with two attached hydrogens (primary N) is 1. The molecule has 1 amide bonds. The first-order chi connectivity index (χ1) is 9.28. The third-order valence-corrected chi connectivity index (χ3v) is 2.62. The van der Waals surface area contributed by atoms with Crippen LogP contribution in [0.5, 0.6) is 0 Å². The van der Waals surface area contributed by atoms with E-state index in [1.165, 1.54) is 4.68 Å². The predicted molar refractivity (Wildman–Crippen MR) is 71.1 cm³/mol. The Balaban J connectivity index is 1.80. The van der Waals surface area contributed by atoms with Crippen molar-refractivity contribution in [2.75, 3.05) is 6.54 Å². The van der Waals surface area contributed by atoms with E-state index < -0.39 is 0 Å². The average molecular weight is 259 g/mol. The van der Waals surface area contributed by atoms with Crippen molar-refractivity contribution in [1.29, 1.82) is 0 Å². The quantitative estimate of drug-likeness (QED) is 0.770. The molecule has 1 aromatic heterocycles. The molecule has 6 nitrogen and oxygen atoms in total. The SMILES string of the molecule is NCCc1cn(CC(=O)NCc2ccccc2)nn1. The molecule has 0 fully saturated rings. The van der Waals surface area contributed by atoms with E-state index in [0.717, 1.165) is 11.3 Å². The van der Waals surface area contributed by atoms with Gasteiger partial charge in [-0.1, -0.05) is 35.5 Å². The van der Waals surface area contributed by atoms with Crippen molar-refractivity contribution >= 4 is 5.91 Å². The summed E-state index contributed by atoms with van der Waals surface area (Å²) in [5, 5.41) is 10.6. The minimum atomic E-state index is -0.0898. The molecule has 19 heavy (non-hydrogen) atoms. The fourth-order valence-electron chi connectivity index (χ4n) is 1.68. The summed E-state index contributed by atoms with van der Waals surface area (Å²) in [5.41, 5.74) is 7.30. The summed E-state index contributed by atoms with van der Waals surface area (Å²) in [5.74, 6) is -0.0898. The molecule has 0 saturated heterocycles. The number of amides is 1. The van der Waals surface area contributed by atoms with Gasteiger partial charge >= 0.3 is 0 Å². The van der Waals surface area contributed by atoms with E-state index in [0.29, 0.717) is 19.5 Å². The van der Waals surface area contributed by atoms with E-state index in [4.69, 9.17) is 5.73 Å². The van der Waals surface area contributed by atoms with Gasteiger partial charge in [0.1, 0.15) is 6.54 Å². The Morgan fingerprint density at radius 1 is 1.32 bits per heavy atom. The molecule has 0 bridgehead atoms.